The van der Waals surface area contributed by atoms with Crippen LogP contribution in [0.15, 0.2) is 48.5 Å². The Balaban J connectivity index is 1.67. The average Bonchev–Trinajstić information content (AvgIpc) is 2.81. The summed E-state index contributed by atoms with van der Waals surface area (Å²) >= 11 is 6.55. The van der Waals surface area contributed by atoms with Crippen molar-refractivity contribution in [2.75, 3.05) is 6.61 Å². The van der Waals surface area contributed by atoms with E-state index in [2.05, 4.69) is 13.0 Å². The van der Waals surface area contributed by atoms with Gasteiger partial charge in [-0.15, -0.1) is 11.6 Å². The number of nitriles is 1. The SMILES string of the molecule is CCCCCCCOc1ccc(-c2ccc(C3C(Cl)CCCC3(C#N)C(=O)O)cc2)cc1. The predicted octanol–water partition coefficient (Wildman–Crippen LogP) is 7.17. The average molecular weight is 454 g/mol. The van der Waals surface area contributed by atoms with E-state index in [0.717, 1.165) is 35.5 Å². The largest absolute Gasteiger partial charge is 0.494 e. The van der Waals surface area contributed by atoms with Gasteiger partial charge in [-0.2, -0.15) is 5.26 Å². The fraction of sp³-hybridized carbons (Fsp3) is 0.481. The van der Waals surface area contributed by atoms with Gasteiger partial charge in [-0.25, -0.2) is 0 Å². The number of ether oxygens (including phenoxy) is 1. The summed E-state index contributed by atoms with van der Waals surface area (Å²) in [5, 5.41) is 19.2. The Morgan fingerprint density at radius 1 is 1.09 bits per heavy atom. The molecule has 1 fully saturated rings. The number of carboxylic acids is 1. The summed E-state index contributed by atoms with van der Waals surface area (Å²) in [6.45, 7) is 2.95. The summed E-state index contributed by atoms with van der Waals surface area (Å²) < 4.78 is 5.84. The second-order valence-corrected chi connectivity index (χ2v) is 9.24. The Labute approximate surface area is 196 Å². The summed E-state index contributed by atoms with van der Waals surface area (Å²) in [6, 6.07) is 17.9. The molecule has 2 aromatic rings. The van der Waals surface area contributed by atoms with Gasteiger partial charge in [-0.3, -0.25) is 4.79 Å². The molecule has 3 rings (SSSR count). The molecule has 0 saturated heterocycles. The summed E-state index contributed by atoms with van der Waals surface area (Å²) in [5.74, 6) is -0.740. The quantitative estimate of drug-likeness (QED) is 0.305. The lowest BCUT2D eigenvalue weighted by Crippen LogP contribution is -2.43. The molecule has 1 N–H and O–H groups in total. The van der Waals surface area contributed by atoms with Crippen LogP contribution in [0.1, 0.15) is 69.8 Å². The van der Waals surface area contributed by atoms with E-state index in [1.807, 2.05) is 48.5 Å². The number of hydrogen-bond donors (Lipinski definition) is 1. The van der Waals surface area contributed by atoms with Gasteiger partial charge in [0.1, 0.15) is 5.75 Å². The highest BCUT2D eigenvalue weighted by Gasteiger charge is 2.52. The highest BCUT2D eigenvalue weighted by Crippen LogP contribution is 2.49. The van der Waals surface area contributed by atoms with E-state index in [9.17, 15) is 15.2 Å². The molecule has 5 heteroatoms. The van der Waals surface area contributed by atoms with Gasteiger partial charge in [0.05, 0.1) is 12.7 Å². The molecule has 1 aliphatic rings. The van der Waals surface area contributed by atoms with Gasteiger partial charge in [0, 0.05) is 11.3 Å². The van der Waals surface area contributed by atoms with Crippen LogP contribution in [0, 0.1) is 16.7 Å². The third-order valence-corrected chi connectivity index (χ3v) is 6.97. The lowest BCUT2D eigenvalue weighted by atomic mass is 9.64. The van der Waals surface area contributed by atoms with Crippen LogP contribution in [0.3, 0.4) is 0 Å². The van der Waals surface area contributed by atoms with Crippen molar-refractivity contribution in [2.45, 2.75) is 69.6 Å². The maximum Gasteiger partial charge on any atom is 0.324 e. The van der Waals surface area contributed by atoms with E-state index >= 15 is 0 Å². The first-order valence-electron chi connectivity index (χ1n) is 11.6. The van der Waals surface area contributed by atoms with E-state index in [-0.39, 0.29) is 5.38 Å². The summed E-state index contributed by atoms with van der Waals surface area (Å²) in [7, 11) is 0. The molecule has 0 spiro atoms. The summed E-state index contributed by atoms with van der Waals surface area (Å²) in [6.07, 6.45) is 7.77. The zero-order valence-electron chi connectivity index (χ0n) is 18.7. The fourth-order valence-corrected chi connectivity index (χ4v) is 5.15. The molecule has 0 heterocycles. The number of carbonyl (C=O) groups is 1. The molecule has 2 aromatic carbocycles. The Hall–Kier alpha value is -2.51. The van der Waals surface area contributed by atoms with Crippen LogP contribution < -0.4 is 4.74 Å². The van der Waals surface area contributed by atoms with Crippen molar-refractivity contribution in [3.63, 3.8) is 0 Å². The number of benzene rings is 2. The number of halogens is 1. The van der Waals surface area contributed by atoms with Crippen molar-refractivity contribution in [1.82, 2.24) is 0 Å². The molecule has 170 valence electrons. The van der Waals surface area contributed by atoms with Crippen LogP contribution >= 0.6 is 11.6 Å². The first-order chi connectivity index (χ1) is 15.5. The zero-order chi connectivity index (χ0) is 23.0. The summed E-state index contributed by atoms with van der Waals surface area (Å²) in [5.41, 5.74) is 1.42. The van der Waals surface area contributed by atoms with Crippen molar-refractivity contribution in [3.8, 4) is 22.9 Å². The number of aliphatic carboxylic acids is 1. The molecule has 3 unspecified atom stereocenters. The molecular weight excluding hydrogens is 422 g/mol. The normalized spacial score (nSPS) is 22.8. The minimum Gasteiger partial charge on any atom is -0.494 e. The number of hydrogen-bond acceptors (Lipinski definition) is 3. The fourth-order valence-electron chi connectivity index (χ4n) is 4.64. The third kappa shape index (κ3) is 5.45. The van der Waals surface area contributed by atoms with Crippen LogP contribution in [0.5, 0.6) is 5.75 Å². The molecule has 0 aliphatic heterocycles. The molecule has 0 bridgehead atoms. The Morgan fingerprint density at radius 2 is 1.72 bits per heavy atom. The predicted molar refractivity (Wildman–Crippen MR) is 128 cm³/mol. The van der Waals surface area contributed by atoms with Gasteiger partial charge in [0.15, 0.2) is 5.41 Å². The molecule has 0 amide bonds. The van der Waals surface area contributed by atoms with Gasteiger partial charge in [0.2, 0.25) is 0 Å². The Kier molecular flexibility index (Phi) is 8.59. The number of nitrogens with zero attached hydrogens (tertiary/aromatic N) is 1. The molecule has 1 aliphatic carbocycles. The number of rotatable bonds is 10. The van der Waals surface area contributed by atoms with Gasteiger partial charge in [0.25, 0.3) is 0 Å². The maximum absolute atomic E-state index is 12.0. The molecular formula is C27H32ClNO3. The highest BCUT2D eigenvalue weighted by atomic mass is 35.5. The van der Waals surface area contributed by atoms with Crippen molar-refractivity contribution < 1.29 is 14.6 Å². The topological polar surface area (TPSA) is 70.3 Å². The molecule has 32 heavy (non-hydrogen) atoms. The van der Waals surface area contributed by atoms with E-state index in [1.54, 1.807) is 0 Å². The van der Waals surface area contributed by atoms with E-state index in [0.29, 0.717) is 19.3 Å². The lowest BCUT2D eigenvalue weighted by Gasteiger charge is -2.39. The van der Waals surface area contributed by atoms with Gasteiger partial charge >= 0.3 is 5.97 Å². The number of carboxylic acid groups (broad SMARTS) is 1. The Bertz CT molecular complexity index is 919. The second-order valence-electron chi connectivity index (χ2n) is 8.68. The van der Waals surface area contributed by atoms with Crippen molar-refractivity contribution >= 4 is 17.6 Å². The molecule has 1 saturated carbocycles. The van der Waals surface area contributed by atoms with Gasteiger partial charge in [-0.05, 0) is 54.5 Å². The first-order valence-corrected chi connectivity index (χ1v) is 12.1. The minimum atomic E-state index is -1.47. The minimum absolute atomic E-state index is 0.328. The zero-order valence-corrected chi connectivity index (χ0v) is 19.5. The van der Waals surface area contributed by atoms with Crippen LogP contribution in [0.25, 0.3) is 11.1 Å². The van der Waals surface area contributed by atoms with Crippen molar-refractivity contribution in [3.05, 3.63) is 54.1 Å². The van der Waals surface area contributed by atoms with Crippen molar-refractivity contribution in [1.29, 1.82) is 5.26 Å². The second kappa shape index (κ2) is 11.4. The summed E-state index contributed by atoms with van der Waals surface area (Å²) in [4.78, 5) is 12.0. The smallest absolute Gasteiger partial charge is 0.324 e. The van der Waals surface area contributed by atoms with E-state index in [4.69, 9.17) is 16.3 Å². The third-order valence-electron chi connectivity index (χ3n) is 6.50. The van der Waals surface area contributed by atoms with Gasteiger partial charge < -0.3 is 9.84 Å². The van der Waals surface area contributed by atoms with E-state index in [1.165, 1.54) is 25.7 Å². The highest BCUT2D eigenvalue weighted by molar-refractivity contribution is 6.21. The molecule has 4 nitrogen and oxygen atoms in total. The molecule has 0 aromatic heterocycles. The van der Waals surface area contributed by atoms with Crippen molar-refractivity contribution in [2.24, 2.45) is 5.41 Å². The Morgan fingerprint density at radius 3 is 2.31 bits per heavy atom. The van der Waals surface area contributed by atoms with Crippen LogP contribution in [0.2, 0.25) is 0 Å². The van der Waals surface area contributed by atoms with Crippen LogP contribution in [0.4, 0.5) is 0 Å². The lowest BCUT2D eigenvalue weighted by molar-refractivity contribution is -0.148. The maximum atomic E-state index is 12.0. The number of alkyl halides is 1. The standard InChI is InChI=1S/C27H32ClNO3/c1-2-3-4-5-6-18-32-23-15-13-21(14-16-23)20-9-11-22(12-10-20)25-24(28)8-7-17-27(25,19-29)26(30)31/h9-16,24-25H,2-8,17-18H2,1H3,(H,30,31). The molecule has 3 atom stereocenters. The van der Waals surface area contributed by atoms with Crippen LogP contribution in [-0.2, 0) is 4.79 Å². The number of unbranched alkanes of at least 4 members (excludes halogenated alkanes) is 4. The first kappa shape index (κ1) is 24.1. The monoisotopic (exact) mass is 453 g/mol. The van der Waals surface area contributed by atoms with Crippen LogP contribution in [-0.4, -0.2) is 23.1 Å². The molecule has 0 radical (unpaired) electrons. The van der Waals surface area contributed by atoms with E-state index < -0.39 is 17.3 Å². The van der Waals surface area contributed by atoms with Gasteiger partial charge in [-0.1, -0.05) is 69.0 Å².